The molecule has 0 radical (unpaired) electrons. The lowest BCUT2D eigenvalue weighted by molar-refractivity contribution is 0.112. The first-order chi connectivity index (χ1) is 6.36. The molecule has 0 spiro atoms. The monoisotopic (exact) mass is 192 g/mol. The minimum Gasteiger partial charge on any atom is -0.507 e. The van der Waals surface area contributed by atoms with E-state index in [4.69, 9.17) is 0 Å². The molecule has 1 aromatic carbocycles. The number of carbonyl (C=O) groups is 1. The summed E-state index contributed by atoms with van der Waals surface area (Å²) in [5.41, 5.74) is 2.04. The molecule has 76 valence electrons. The smallest absolute Gasteiger partial charge is 0.153 e. The van der Waals surface area contributed by atoms with Crippen molar-refractivity contribution in [2.75, 3.05) is 0 Å². The molecule has 2 nitrogen and oxygen atoms in total. The molecule has 14 heavy (non-hydrogen) atoms. The van der Waals surface area contributed by atoms with Crippen LogP contribution in [0.5, 0.6) is 5.75 Å². The molecule has 1 rings (SSSR count). The fraction of sp³-hybridized carbons (Fsp3) is 0.417. The summed E-state index contributed by atoms with van der Waals surface area (Å²) >= 11 is 0. The van der Waals surface area contributed by atoms with Crippen LogP contribution in [0.4, 0.5) is 0 Å². The topological polar surface area (TPSA) is 37.3 Å². The van der Waals surface area contributed by atoms with Crippen LogP contribution in [0.25, 0.3) is 0 Å². The molecule has 0 aliphatic heterocycles. The molecular formula is C12H16O2. The maximum Gasteiger partial charge on any atom is 0.153 e. The summed E-state index contributed by atoms with van der Waals surface area (Å²) in [5, 5.41) is 9.82. The average Bonchev–Trinajstić information content (AvgIpc) is 2.06. The van der Waals surface area contributed by atoms with Gasteiger partial charge in [0.2, 0.25) is 0 Å². The Hall–Kier alpha value is -1.31. The summed E-state index contributed by atoms with van der Waals surface area (Å²) in [7, 11) is 0. The minimum absolute atomic E-state index is 0.109. The van der Waals surface area contributed by atoms with Crippen molar-refractivity contribution in [1.29, 1.82) is 0 Å². The highest BCUT2D eigenvalue weighted by molar-refractivity contribution is 5.80. The first kappa shape index (κ1) is 10.8. The zero-order valence-corrected chi connectivity index (χ0v) is 9.09. The van der Waals surface area contributed by atoms with Gasteiger partial charge in [0.25, 0.3) is 0 Å². The molecule has 0 saturated heterocycles. The van der Waals surface area contributed by atoms with Crippen LogP contribution in [0.3, 0.4) is 0 Å². The van der Waals surface area contributed by atoms with Gasteiger partial charge < -0.3 is 5.11 Å². The molecule has 0 saturated carbocycles. The fourth-order valence-corrected chi connectivity index (χ4v) is 1.47. The fourth-order valence-electron chi connectivity index (χ4n) is 1.47. The van der Waals surface area contributed by atoms with E-state index in [-0.39, 0.29) is 11.2 Å². The number of benzene rings is 1. The Bertz CT molecular complexity index is 359. The SMILES string of the molecule is Cc1cc(C=O)c(O)c(C(C)(C)C)c1. The zero-order valence-electron chi connectivity index (χ0n) is 9.09. The Morgan fingerprint density at radius 1 is 1.29 bits per heavy atom. The van der Waals surface area contributed by atoms with Gasteiger partial charge in [0, 0.05) is 5.56 Å². The molecule has 2 heteroatoms. The first-order valence-electron chi connectivity index (χ1n) is 4.65. The summed E-state index contributed by atoms with van der Waals surface area (Å²) in [6.45, 7) is 7.95. The summed E-state index contributed by atoms with van der Waals surface area (Å²) in [6.07, 6.45) is 0.692. The number of aryl methyl sites for hydroxylation is 1. The Labute approximate surface area is 84.6 Å². The van der Waals surface area contributed by atoms with Crippen LogP contribution in [0.15, 0.2) is 12.1 Å². The van der Waals surface area contributed by atoms with Gasteiger partial charge in [-0.05, 0) is 24.0 Å². The van der Waals surface area contributed by atoms with E-state index in [1.54, 1.807) is 6.07 Å². The van der Waals surface area contributed by atoms with Crippen molar-refractivity contribution < 1.29 is 9.90 Å². The van der Waals surface area contributed by atoms with Gasteiger partial charge in [-0.3, -0.25) is 4.79 Å². The Balaban J connectivity index is 3.44. The van der Waals surface area contributed by atoms with Crippen LogP contribution in [-0.2, 0) is 5.41 Å². The van der Waals surface area contributed by atoms with Crippen LogP contribution in [0, 0.1) is 6.92 Å². The van der Waals surface area contributed by atoms with E-state index in [9.17, 15) is 9.90 Å². The highest BCUT2D eigenvalue weighted by Crippen LogP contribution is 2.33. The largest absolute Gasteiger partial charge is 0.507 e. The molecule has 0 fully saturated rings. The Kier molecular flexibility index (Phi) is 2.65. The third kappa shape index (κ3) is 1.95. The summed E-state index contributed by atoms with van der Waals surface area (Å²) < 4.78 is 0. The van der Waals surface area contributed by atoms with Gasteiger partial charge in [-0.1, -0.05) is 26.8 Å². The Morgan fingerprint density at radius 3 is 2.29 bits per heavy atom. The van der Waals surface area contributed by atoms with Gasteiger partial charge in [-0.2, -0.15) is 0 Å². The van der Waals surface area contributed by atoms with E-state index in [0.717, 1.165) is 11.1 Å². The number of aldehydes is 1. The number of phenolic OH excluding ortho intramolecular Hbond substituents is 1. The second kappa shape index (κ2) is 3.45. The van der Waals surface area contributed by atoms with E-state index in [1.165, 1.54) is 0 Å². The molecular weight excluding hydrogens is 176 g/mol. The third-order valence-corrected chi connectivity index (χ3v) is 2.22. The minimum atomic E-state index is -0.145. The van der Waals surface area contributed by atoms with Crippen molar-refractivity contribution in [2.24, 2.45) is 0 Å². The zero-order chi connectivity index (χ0) is 10.9. The van der Waals surface area contributed by atoms with Gasteiger partial charge >= 0.3 is 0 Å². The molecule has 0 aliphatic carbocycles. The van der Waals surface area contributed by atoms with E-state index < -0.39 is 0 Å². The van der Waals surface area contributed by atoms with Crippen LogP contribution in [0.2, 0.25) is 0 Å². The van der Waals surface area contributed by atoms with E-state index in [2.05, 4.69) is 0 Å². The molecule has 1 N–H and O–H groups in total. The van der Waals surface area contributed by atoms with Crippen molar-refractivity contribution in [3.63, 3.8) is 0 Å². The summed E-state index contributed by atoms with van der Waals surface area (Å²) in [6, 6.07) is 3.61. The number of phenols is 1. The lowest BCUT2D eigenvalue weighted by Gasteiger charge is -2.21. The molecule has 0 unspecified atom stereocenters. The number of hydrogen-bond donors (Lipinski definition) is 1. The number of carbonyl (C=O) groups excluding carboxylic acids is 1. The van der Waals surface area contributed by atoms with E-state index in [0.29, 0.717) is 11.8 Å². The molecule has 0 bridgehead atoms. The van der Waals surface area contributed by atoms with Crippen molar-refractivity contribution in [2.45, 2.75) is 33.1 Å². The van der Waals surface area contributed by atoms with E-state index in [1.807, 2.05) is 33.8 Å². The lowest BCUT2D eigenvalue weighted by Crippen LogP contribution is -2.12. The van der Waals surface area contributed by atoms with Gasteiger partial charge in [0.1, 0.15) is 5.75 Å². The van der Waals surface area contributed by atoms with Gasteiger partial charge in [0.15, 0.2) is 6.29 Å². The van der Waals surface area contributed by atoms with Gasteiger partial charge in [-0.15, -0.1) is 0 Å². The summed E-state index contributed by atoms with van der Waals surface area (Å²) in [5.74, 6) is 0.109. The maximum atomic E-state index is 10.7. The second-order valence-electron chi connectivity index (χ2n) is 4.62. The molecule has 0 heterocycles. The first-order valence-corrected chi connectivity index (χ1v) is 4.65. The van der Waals surface area contributed by atoms with Crippen LogP contribution < -0.4 is 0 Å². The third-order valence-electron chi connectivity index (χ3n) is 2.22. The Morgan fingerprint density at radius 2 is 1.86 bits per heavy atom. The predicted molar refractivity (Wildman–Crippen MR) is 56.9 cm³/mol. The molecule has 1 aromatic rings. The quantitative estimate of drug-likeness (QED) is 0.695. The molecule has 0 aromatic heterocycles. The van der Waals surface area contributed by atoms with Gasteiger partial charge in [0.05, 0.1) is 5.56 Å². The van der Waals surface area contributed by atoms with Crippen LogP contribution in [-0.4, -0.2) is 11.4 Å². The highest BCUT2D eigenvalue weighted by atomic mass is 16.3. The summed E-state index contributed by atoms with van der Waals surface area (Å²) in [4.78, 5) is 10.7. The average molecular weight is 192 g/mol. The van der Waals surface area contributed by atoms with Crippen molar-refractivity contribution in [3.05, 3.63) is 28.8 Å². The lowest BCUT2D eigenvalue weighted by atomic mass is 9.84. The second-order valence-corrected chi connectivity index (χ2v) is 4.62. The molecule has 0 amide bonds. The maximum absolute atomic E-state index is 10.7. The van der Waals surface area contributed by atoms with Crippen molar-refractivity contribution in [3.8, 4) is 5.75 Å². The molecule has 0 atom stereocenters. The van der Waals surface area contributed by atoms with Crippen molar-refractivity contribution in [1.82, 2.24) is 0 Å². The van der Waals surface area contributed by atoms with E-state index >= 15 is 0 Å². The van der Waals surface area contributed by atoms with Gasteiger partial charge in [-0.25, -0.2) is 0 Å². The standard InChI is InChI=1S/C12H16O2/c1-8-5-9(7-13)11(14)10(6-8)12(2,3)4/h5-7,14H,1-4H3. The normalized spacial score (nSPS) is 11.4. The van der Waals surface area contributed by atoms with Crippen LogP contribution >= 0.6 is 0 Å². The highest BCUT2D eigenvalue weighted by Gasteiger charge is 2.20. The number of hydrogen-bond acceptors (Lipinski definition) is 2. The van der Waals surface area contributed by atoms with Crippen molar-refractivity contribution >= 4 is 6.29 Å². The van der Waals surface area contributed by atoms with Crippen LogP contribution in [0.1, 0.15) is 42.3 Å². The number of rotatable bonds is 1. The molecule has 0 aliphatic rings. The number of aromatic hydroxyl groups is 1. The predicted octanol–water partition coefficient (Wildman–Crippen LogP) is 2.81.